The summed E-state index contributed by atoms with van der Waals surface area (Å²) in [7, 11) is 0. The third-order valence-electron chi connectivity index (χ3n) is 4.09. The molecule has 0 aromatic heterocycles. The SMILES string of the molecule is c1cc(CN2CCCCC2)cc(OCCCNC2=NCSN2)c1. The summed E-state index contributed by atoms with van der Waals surface area (Å²) in [5.41, 5.74) is 1.35. The quantitative estimate of drug-likeness (QED) is 0.593. The van der Waals surface area contributed by atoms with Crippen molar-refractivity contribution >= 4 is 17.9 Å². The van der Waals surface area contributed by atoms with E-state index in [4.69, 9.17) is 4.74 Å². The van der Waals surface area contributed by atoms with Gasteiger partial charge in [0.25, 0.3) is 0 Å². The lowest BCUT2D eigenvalue weighted by atomic mass is 10.1. The fourth-order valence-electron chi connectivity index (χ4n) is 2.90. The first-order valence-corrected chi connectivity index (χ1v) is 9.49. The summed E-state index contributed by atoms with van der Waals surface area (Å²) in [6.07, 6.45) is 5.01. The van der Waals surface area contributed by atoms with Crippen molar-refractivity contribution in [3.63, 3.8) is 0 Å². The minimum Gasteiger partial charge on any atom is -0.494 e. The number of likely N-dealkylation sites (tertiary alicyclic amines) is 1. The van der Waals surface area contributed by atoms with Gasteiger partial charge in [-0.3, -0.25) is 9.62 Å². The van der Waals surface area contributed by atoms with E-state index in [2.05, 4.69) is 38.1 Å². The lowest BCUT2D eigenvalue weighted by Crippen LogP contribution is -2.31. The normalized spacial score (nSPS) is 18.3. The zero-order chi connectivity index (χ0) is 15.7. The van der Waals surface area contributed by atoms with Crippen LogP contribution < -0.4 is 14.8 Å². The first-order chi connectivity index (χ1) is 11.4. The molecule has 1 fully saturated rings. The Bertz CT molecular complexity index is 517. The molecule has 0 amide bonds. The number of ether oxygens (including phenoxy) is 1. The van der Waals surface area contributed by atoms with Crippen LogP contribution in [0.15, 0.2) is 29.3 Å². The highest BCUT2D eigenvalue weighted by Crippen LogP contribution is 2.17. The van der Waals surface area contributed by atoms with E-state index in [1.165, 1.54) is 37.9 Å². The third kappa shape index (κ3) is 5.62. The van der Waals surface area contributed by atoms with Crippen molar-refractivity contribution in [1.82, 2.24) is 14.9 Å². The third-order valence-corrected chi connectivity index (χ3v) is 4.69. The van der Waals surface area contributed by atoms with Gasteiger partial charge < -0.3 is 10.1 Å². The molecule has 0 aliphatic carbocycles. The molecule has 2 heterocycles. The Morgan fingerprint density at radius 2 is 2.17 bits per heavy atom. The Hall–Kier alpha value is -1.40. The minimum absolute atomic E-state index is 0.723. The monoisotopic (exact) mass is 334 g/mol. The Balaban J connectivity index is 1.36. The predicted octanol–water partition coefficient (Wildman–Crippen LogP) is 2.60. The van der Waals surface area contributed by atoms with Crippen molar-refractivity contribution in [3.05, 3.63) is 29.8 Å². The Morgan fingerprint density at radius 3 is 3.00 bits per heavy atom. The Morgan fingerprint density at radius 1 is 1.26 bits per heavy atom. The van der Waals surface area contributed by atoms with Gasteiger partial charge in [-0.25, -0.2) is 4.99 Å². The Labute approximate surface area is 143 Å². The Kier molecular flexibility index (Phi) is 6.46. The molecule has 3 rings (SSSR count). The van der Waals surface area contributed by atoms with Crippen LogP contribution in [0, 0.1) is 0 Å². The van der Waals surface area contributed by atoms with E-state index in [-0.39, 0.29) is 0 Å². The molecule has 0 bridgehead atoms. The smallest absolute Gasteiger partial charge is 0.202 e. The van der Waals surface area contributed by atoms with Crippen LogP contribution in [0.1, 0.15) is 31.2 Å². The van der Waals surface area contributed by atoms with Crippen LogP contribution in [0.3, 0.4) is 0 Å². The summed E-state index contributed by atoms with van der Waals surface area (Å²) >= 11 is 1.61. The lowest BCUT2D eigenvalue weighted by molar-refractivity contribution is 0.220. The number of nitrogens with zero attached hydrogens (tertiary/aromatic N) is 2. The number of aliphatic imine (C=N–C) groups is 1. The van der Waals surface area contributed by atoms with Crippen LogP contribution in [0.25, 0.3) is 0 Å². The molecular formula is C17H26N4OS. The molecular weight excluding hydrogens is 308 g/mol. The summed E-state index contributed by atoms with van der Waals surface area (Å²) in [5.74, 6) is 2.66. The molecule has 126 valence electrons. The van der Waals surface area contributed by atoms with E-state index in [0.29, 0.717) is 0 Å². The molecule has 2 aliphatic heterocycles. The second kappa shape index (κ2) is 9.03. The van der Waals surface area contributed by atoms with Crippen LogP contribution in [-0.2, 0) is 6.54 Å². The second-order valence-corrected chi connectivity index (χ2v) is 6.75. The van der Waals surface area contributed by atoms with Gasteiger partial charge in [0.15, 0.2) is 0 Å². The molecule has 0 atom stereocenters. The number of benzene rings is 1. The molecule has 0 saturated carbocycles. The van der Waals surface area contributed by atoms with Crippen molar-refractivity contribution in [1.29, 1.82) is 0 Å². The summed E-state index contributed by atoms with van der Waals surface area (Å²) in [4.78, 5) is 6.81. The molecule has 2 N–H and O–H groups in total. The van der Waals surface area contributed by atoms with Crippen molar-refractivity contribution in [2.45, 2.75) is 32.2 Å². The summed E-state index contributed by atoms with van der Waals surface area (Å²) < 4.78 is 9.00. The number of nitrogens with one attached hydrogen (secondary N) is 2. The van der Waals surface area contributed by atoms with Crippen molar-refractivity contribution in [2.75, 3.05) is 32.1 Å². The summed E-state index contributed by atoms with van der Waals surface area (Å²) in [6, 6.07) is 8.53. The van der Waals surface area contributed by atoms with Gasteiger partial charge in [-0.2, -0.15) is 0 Å². The highest BCUT2D eigenvalue weighted by atomic mass is 32.2. The molecule has 6 heteroatoms. The maximum absolute atomic E-state index is 5.88. The van der Waals surface area contributed by atoms with Crippen molar-refractivity contribution in [3.8, 4) is 5.75 Å². The number of guanidine groups is 1. The first-order valence-electron chi connectivity index (χ1n) is 8.50. The summed E-state index contributed by atoms with van der Waals surface area (Å²) in [5, 5.41) is 3.26. The molecule has 1 aromatic rings. The average Bonchev–Trinajstić information content (AvgIpc) is 3.09. The molecule has 2 aliphatic rings. The zero-order valence-corrected chi connectivity index (χ0v) is 14.4. The van der Waals surface area contributed by atoms with Crippen LogP contribution in [0.5, 0.6) is 5.75 Å². The molecule has 5 nitrogen and oxygen atoms in total. The van der Waals surface area contributed by atoms with Gasteiger partial charge in [0.05, 0.1) is 6.61 Å². The van der Waals surface area contributed by atoms with E-state index in [9.17, 15) is 0 Å². The summed E-state index contributed by atoms with van der Waals surface area (Å²) in [6.45, 7) is 5.10. The van der Waals surface area contributed by atoms with Gasteiger partial charge in [-0.15, -0.1) is 0 Å². The topological polar surface area (TPSA) is 48.9 Å². The average molecular weight is 334 g/mol. The van der Waals surface area contributed by atoms with E-state index < -0.39 is 0 Å². The maximum Gasteiger partial charge on any atom is 0.202 e. The molecule has 1 saturated heterocycles. The maximum atomic E-state index is 5.88. The molecule has 0 spiro atoms. The van der Waals surface area contributed by atoms with Gasteiger partial charge >= 0.3 is 0 Å². The molecule has 23 heavy (non-hydrogen) atoms. The minimum atomic E-state index is 0.723. The molecule has 1 aromatic carbocycles. The highest BCUT2D eigenvalue weighted by Gasteiger charge is 2.10. The van der Waals surface area contributed by atoms with Crippen LogP contribution >= 0.6 is 11.9 Å². The second-order valence-electron chi connectivity index (χ2n) is 6.00. The van der Waals surface area contributed by atoms with Crippen LogP contribution in [0.2, 0.25) is 0 Å². The number of hydrogen-bond acceptors (Lipinski definition) is 6. The highest BCUT2D eigenvalue weighted by molar-refractivity contribution is 7.98. The van der Waals surface area contributed by atoms with Gasteiger partial charge in [0.2, 0.25) is 5.96 Å². The standard InChI is InChI=1S/C17H26N4OS/c1-2-9-21(10-3-1)13-15-6-4-7-16(12-15)22-11-5-8-18-17-19-14-23-20-17/h4,6-7,12H,1-3,5,8-11,13-14H2,(H2,18,19,20). The van der Waals surface area contributed by atoms with Crippen LogP contribution in [0.4, 0.5) is 0 Å². The van der Waals surface area contributed by atoms with Gasteiger partial charge in [-0.1, -0.05) is 18.6 Å². The number of hydrogen-bond donors (Lipinski definition) is 2. The van der Waals surface area contributed by atoms with Crippen molar-refractivity contribution in [2.24, 2.45) is 4.99 Å². The molecule has 0 radical (unpaired) electrons. The largest absolute Gasteiger partial charge is 0.494 e. The fraction of sp³-hybridized carbons (Fsp3) is 0.588. The van der Waals surface area contributed by atoms with Gasteiger partial charge in [-0.05, 0) is 62.0 Å². The fourth-order valence-corrected chi connectivity index (χ4v) is 3.43. The predicted molar refractivity (Wildman–Crippen MR) is 96.7 cm³/mol. The van der Waals surface area contributed by atoms with E-state index >= 15 is 0 Å². The van der Waals surface area contributed by atoms with E-state index in [1.54, 1.807) is 11.9 Å². The van der Waals surface area contributed by atoms with Gasteiger partial charge in [0.1, 0.15) is 11.6 Å². The first kappa shape index (κ1) is 16.5. The van der Waals surface area contributed by atoms with Crippen LogP contribution in [-0.4, -0.2) is 43.0 Å². The molecule has 0 unspecified atom stereocenters. The van der Waals surface area contributed by atoms with Crippen molar-refractivity contribution < 1.29 is 4.74 Å². The van der Waals surface area contributed by atoms with E-state index in [1.807, 2.05) is 6.07 Å². The van der Waals surface area contributed by atoms with Gasteiger partial charge in [0, 0.05) is 13.1 Å². The van der Waals surface area contributed by atoms with E-state index in [0.717, 1.165) is 43.7 Å². The zero-order valence-electron chi connectivity index (χ0n) is 13.6. The number of piperidine rings is 1. The lowest BCUT2D eigenvalue weighted by Gasteiger charge is -2.26. The number of rotatable bonds is 7.